The van der Waals surface area contributed by atoms with Gasteiger partial charge < -0.3 is 15.0 Å². The van der Waals surface area contributed by atoms with Crippen LogP contribution in [0.25, 0.3) is 0 Å². The molecule has 1 aromatic rings. The summed E-state index contributed by atoms with van der Waals surface area (Å²) in [7, 11) is 1.41. The van der Waals surface area contributed by atoms with Gasteiger partial charge in [-0.1, -0.05) is 6.92 Å². The van der Waals surface area contributed by atoms with Crippen LogP contribution in [-0.2, 0) is 22.4 Å². The number of nitrogens with one attached hydrogen (secondary N) is 1. The molecule has 4 rings (SSSR count). The highest BCUT2D eigenvalue weighted by molar-refractivity contribution is 7.17. The Kier molecular flexibility index (Phi) is 6.56. The molecule has 1 aliphatic carbocycles. The zero-order valence-electron chi connectivity index (χ0n) is 17.7. The summed E-state index contributed by atoms with van der Waals surface area (Å²) in [5.41, 5.74) is 1.67. The van der Waals surface area contributed by atoms with Crippen LogP contribution in [0.2, 0.25) is 0 Å². The van der Waals surface area contributed by atoms with Gasteiger partial charge in [0.25, 0.3) is 0 Å². The molecule has 1 amide bonds. The second kappa shape index (κ2) is 9.14. The van der Waals surface area contributed by atoms with E-state index in [2.05, 4.69) is 22.0 Å². The average molecular weight is 420 g/mol. The molecule has 7 heteroatoms. The van der Waals surface area contributed by atoms with Crippen LogP contribution in [0.1, 0.15) is 53.4 Å². The Bertz CT molecular complexity index is 757. The second-order valence-electron chi connectivity index (χ2n) is 8.99. The Labute approximate surface area is 177 Å². The van der Waals surface area contributed by atoms with Crippen molar-refractivity contribution in [2.24, 2.45) is 11.8 Å². The topological polar surface area (TPSA) is 61.9 Å². The number of amides is 1. The van der Waals surface area contributed by atoms with Crippen molar-refractivity contribution in [1.82, 2.24) is 9.80 Å². The van der Waals surface area contributed by atoms with E-state index in [1.54, 1.807) is 11.3 Å². The Morgan fingerprint density at radius 1 is 1.17 bits per heavy atom. The van der Waals surface area contributed by atoms with Crippen molar-refractivity contribution in [2.45, 2.75) is 45.4 Å². The Hall–Kier alpha value is -1.44. The van der Waals surface area contributed by atoms with Crippen LogP contribution in [0.4, 0.5) is 5.00 Å². The fourth-order valence-electron chi connectivity index (χ4n) is 5.06. The van der Waals surface area contributed by atoms with E-state index in [0.29, 0.717) is 28.9 Å². The highest BCUT2D eigenvalue weighted by Crippen LogP contribution is 2.40. The lowest BCUT2D eigenvalue weighted by atomic mass is 9.88. The summed E-state index contributed by atoms with van der Waals surface area (Å²) in [5, 5.41) is 3.71. The molecular formula is C22H33N3O3S. The fourth-order valence-corrected chi connectivity index (χ4v) is 6.48. The molecule has 2 aliphatic heterocycles. The molecule has 0 spiro atoms. The third kappa shape index (κ3) is 4.84. The van der Waals surface area contributed by atoms with Crippen molar-refractivity contribution in [3.63, 3.8) is 0 Å². The molecule has 0 unspecified atom stereocenters. The normalized spacial score (nSPS) is 25.2. The molecule has 6 nitrogen and oxygen atoms in total. The van der Waals surface area contributed by atoms with Gasteiger partial charge >= 0.3 is 5.97 Å². The minimum atomic E-state index is -0.334. The largest absolute Gasteiger partial charge is 0.465 e. The van der Waals surface area contributed by atoms with E-state index in [-0.39, 0.29) is 11.9 Å². The number of ether oxygens (including phenoxy) is 1. The summed E-state index contributed by atoms with van der Waals surface area (Å²) in [4.78, 5) is 31.2. The minimum Gasteiger partial charge on any atom is -0.465 e. The van der Waals surface area contributed by atoms with Crippen LogP contribution in [0.3, 0.4) is 0 Å². The molecule has 0 radical (unpaired) electrons. The number of likely N-dealkylation sites (tertiary alicyclic amines) is 2. The van der Waals surface area contributed by atoms with Crippen molar-refractivity contribution in [3.05, 3.63) is 16.0 Å². The zero-order chi connectivity index (χ0) is 20.4. The first-order valence-electron chi connectivity index (χ1n) is 11.0. The quantitative estimate of drug-likeness (QED) is 0.718. The molecular weight excluding hydrogens is 386 g/mol. The molecule has 3 aliphatic rings. The van der Waals surface area contributed by atoms with Crippen molar-refractivity contribution in [3.8, 4) is 0 Å². The molecule has 1 aromatic heterocycles. The molecule has 0 saturated carbocycles. The standard InChI is InChI=1S/C22H33N3O3S/c1-15-5-6-17-18(11-15)29-21(20(17)22(27)28-2)23-19(26)14-25-10-7-16(13-25)12-24-8-3-4-9-24/h15-16H,3-14H2,1-2H3,(H,23,26)/t15-,16-/m0/s1. The number of esters is 1. The minimum absolute atomic E-state index is 0.0244. The predicted molar refractivity (Wildman–Crippen MR) is 116 cm³/mol. The summed E-state index contributed by atoms with van der Waals surface area (Å²) < 4.78 is 5.02. The van der Waals surface area contributed by atoms with Gasteiger partial charge in [-0.05, 0) is 75.6 Å². The van der Waals surface area contributed by atoms with Crippen LogP contribution < -0.4 is 5.32 Å². The van der Waals surface area contributed by atoms with Crippen molar-refractivity contribution in [2.75, 3.05) is 51.7 Å². The van der Waals surface area contributed by atoms with Crippen LogP contribution >= 0.6 is 11.3 Å². The molecule has 1 N–H and O–H groups in total. The molecule has 0 aromatic carbocycles. The van der Waals surface area contributed by atoms with Crippen LogP contribution in [-0.4, -0.2) is 68.1 Å². The average Bonchev–Trinajstić information content (AvgIpc) is 3.42. The smallest absolute Gasteiger partial charge is 0.341 e. The van der Waals surface area contributed by atoms with Gasteiger partial charge in [0, 0.05) is 18.0 Å². The first-order chi connectivity index (χ1) is 14.0. The summed E-state index contributed by atoms with van der Waals surface area (Å²) >= 11 is 1.56. The number of fused-ring (bicyclic) bond motifs is 1. The van der Waals surface area contributed by atoms with Crippen LogP contribution in [0.15, 0.2) is 0 Å². The van der Waals surface area contributed by atoms with Gasteiger partial charge in [0.15, 0.2) is 0 Å². The predicted octanol–water partition coefficient (Wildman–Crippen LogP) is 3.02. The van der Waals surface area contributed by atoms with E-state index < -0.39 is 0 Å². The fraction of sp³-hybridized carbons (Fsp3) is 0.727. The maximum Gasteiger partial charge on any atom is 0.341 e. The maximum atomic E-state index is 12.8. The molecule has 2 saturated heterocycles. The molecule has 3 heterocycles. The number of nitrogens with zero attached hydrogens (tertiary/aromatic N) is 2. The highest BCUT2D eigenvalue weighted by Gasteiger charge is 2.30. The van der Waals surface area contributed by atoms with Crippen molar-refractivity contribution >= 4 is 28.2 Å². The number of rotatable bonds is 6. The lowest BCUT2D eigenvalue weighted by Gasteiger charge is -2.20. The number of hydrogen-bond acceptors (Lipinski definition) is 6. The third-order valence-electron chi connectivity index (χ3n) is 6.61. The lowest BCUT2D eigenvalue weighted by Crippen LogP contribution is -2.33. The lowest BCUT2D eigenvalue weighted by molar-refractivity contribution is -0.117. The van der Waals surface area contributed by atoms with E-state index in [9.17, 15) is 9.59 Å². The van der Waals surface area contributed by atoms with E-state index in [1.165, 1.54) is 50.9 Å². The van der Waals surface area contributed by atoms with E-state index in [1.807, 2.05) is 0 Å². The summed E-state index contributed by atoms with van der Waals surface area (Å²) in [5.74, 6) is 0.928. The van der Waals surface area contributed by atoms with E-state index in [4.69, 9.17) is 4.74 Å². The summed E-state index contributed by atoms with van der Waals surface area (Å²) in [6.07, 6.45) is 6.76. The summed E-state index contributed by atoms with van der Waals surface area (Å²) in [6.45, 7) is 8.24. The molecule has 2 fully saturated rings. The number of carbonyl (C=O) groups is 2. The van der Waals surface area contributed by atoms with Crippen LogP contribution in [0, 0.1) is 11.8 Å². The Balaban J connectivity index is 1.36. The van der Waals surface area contributed by atoms with Gasteiger partial charge in [-0.2, -0.15) is 0 Å². The van der Waals surface area contributed by atoms with Crippen molar-refractivity contribution in [1.29, 1.82) is 0 Å². The van der Waals surface area contributed by atoms with Gasteiger partial charge in [0.2, 0.25) is 5.91 Å². The Morgan fingerprint density at radius 2 is 1.97 bits per heavy atom. The molecule has 160 valence electrons. The first-order valence-corrected chi connectivity index (χ1v) is 11.8. The van der Waals surface area contributed by atoms with E-state index in [0.717, 1.165) is 37.9 Å². The van der Waals surface area contributed by atoms with Crippen LogP contribution in [0.5, 0.6) is 0 Å². The molecule has 29 heavy (non-hydrogen) atoms. The summed E-state index contributed by atoms with van der Waals surface area (Å²) in [6, 6.07) is 0. The number of methoxy groups -OCH3 is 1. The van der Waals surface area contributed by atoms with Gasteiger partial charge in [-0.25, -0.2) is 4.79 Å². The van der Waals surface area contributed by atoms with Gasteiger partial charge in [0.1, 0.15) is 5.00 Å². The first kappa shape index (κ1) is 20.8. The number of anilines is 1. The monoisotopic (exact) mass is 419 g/mol. The zero-order valence-corrected chi connectivity index (χ0v) is 18.5. The number of hydrogen-bond donors (Lipinski definition) is 1. The highest BCUT2D eigenvalue weighted by atomic mass is 32.1. The molecule has 2 atom stereocenters. The third-order valence-corrected chi connectivity index (χ3v) is 7.78. The van der Waals surface area contributed by atoms with E-state index >= 15 is 0 Å². The van der Waals surface area contributed by atoms with Gasteiger partial charge in [0.05, 0.1) is 19.2 Å². The number of thiophene rings is 1. The van der Waals surface area contributed by atoms with Crippen molar-refractivity contribution < 1.29 is 14.3 Å². The second-order valence-corrected chi connectivity index (χ2v) is 10.1. The number of carbonyl (C=O) groups excluding carboxylic acids is 2. The van der Waals surface area contributed by atoms with Gasteiger partial charge in [-0.15, -0.1) is 11.3 Å². The Morgan fingerprint density at radius 3 is 2.72 bits per heavy atom. The SMILES string of the molecule is COC(=O)c1c(NC(=O)CN2CC[C@@H](CN3CCCC3)C2)sc2c1CC[C@H](C)C2. The molecule has 0 bridgehead atoms. The maximum absolute atomic E-state index is 12.8. The van der Waals surface area contributed by atoms with Gasteiger partial charge in [-0.3, -0.25) is 9.69 Å².